The number of nitrogens with zero attached hydrogens (tertiary/aromatic N) is 1. The average molecular weight is 455 g/mol. The molecule has 0 heterocycles. The Morgan fingerprint density at radius 3 is 2.61 bits per heavy atom. The molecule has 8 heteroatoms. The molecule has 0 spiro atoms. The number of carbonyl (C=O) groups is 1. The number of halogens is 2. The summed E-state index contributed by atoms with van der Waals surface area (Å²) in [5.41, 5.74) is 1.07. The van der Waals surface area contributed by atoms with Gasteiger partial charge in [-0.05, 0) is 18.1 Å². The summed E-state index contributed by atoms with van der Waals surface area (Å²) in [4.78, 5) is 15.6. The zero-order valence-corrected chi connectivity index (χ0v) is 16.5. The van der Waals surface area contributed by atoms with E-state index in [1.807, 2.05) is 24.3 Å². The number of amides is 1. The van der Waals surface area contributed by atoms with Crippen molar-refractivity contribution < 1.29 is 9.53 Å². The standard InChI is InChI=1S/C15H23ClN4O2.HI/c1-17-15(20-11-14(21)18-9-10-22-2)19-8-7-12-5-3-4-6-13(12)16;/h3-6H,7-11H2,1-2H3,(H,18,21)(H2,17,19,20);1H. The second-order valence-corrected chi connectivity index (χ2v) is 4.94. The van der Waals surface area contributed by atoms with Gasteiger partial charge in [-0.25, -0.2) is 0 Å². The van der Waals surface area contributed by atoms with Crippen molar-refractivity contribution in [2.45, 2.75) is 6.42 Å². The lowest BCUT2D eigenvalue weighted by molar-refractivity contribution is -0.120. The first kappa shape index (κ1) is 21.9. The van der Waals surface area contributed by atoms with Crippen molar-refractivity contribution in [2.24, 2.45) is 4.99 Å². The molecular weight excluding hydrogens is 431 g/mol. The highest BCUT2D eigenvalue weighted by Crippen LogP contribution is 2.14. The van der Waals surface area contributed by atoms with Crippen molar-refractivity contribution in [2.75, 3.05) is 40.4 Å². The van der Waals surface area contributed by atoms with E-state index in [1.54, 1.807) is 14.2 Å². The molecule has 0 radical (unpaired) electrons. The van der Waals surface area contributed by atoms with E-state index >= 15 is 0 Å². The van der Waals surface area contributed by atoms with Crippen molar-refractivity contribution in [1.29, 1.82) is 0 Å². The molecule has 3 N–H and O–H groups in total. The quantitative estimate of drug-likeness (QED) is 0.240. The molecule has 6 nitrogen and oxygen atoms in total. The minimum Gasteiger partial charge on any atom is -0.383 e. The summed E-state index contributed by atoms with van der Waals surface area (Å²) in [7, 11) is 3.25. The molecule has 0 unspecified atom stereocenters. The number of ether oxygens (including phenoxy) is 1. The van der Waals surface area contributed by atoms with Crippen LogP contribution in [0.2, 0.25) is 5.02 Å². The molecule has 1 aromatic carbocycles. The van der Waals surface area contributed by atoms with E-state index in [0.29, 0.717) is 25.7 Å². The van der Waals surface area contributed by atoms with Crippen LogP contribution in [0.15, 0.2) is 29.3 Å². The predicted molar refractivity (Wildman–Crippen MR) is 105 cm³/mol. The van der Waals surface area contributed by atoms with E-state index in [0.717, 1.165) is 17.0 Å². The van der Waals surface area contributed by atoms with Crippen molar-refractivity contribution in [3.05, 3.63) is 34.9 Å². The van der Waals surface area contributed by atoms with E-state index < -0.39 is 0 Å². The summed E-state index contributed by atoms with van der Waals surface area (Å²) in [6, 6.07) is 7.72. The van der Waals surface area contributed by atoms with E-state index in [9.17, 15) is 4.79 Å². The van der Waals surface area contributed by atoms with Gasteiger partial charge in [-0.3, -0.25) is 9.79 Å². The summed E-state index contributed by atoms with van der Waals surface area (Å²) in [6.07, 6.45) is 0.778. The molecule has 1 amide bonds. The Morgan fingerprint density at radius 2 is 1.96 bits per heavy atom. The summed E-state index contributed by atoms with van der Waals surface area (Å²) in [5.74, 6) is 0.472. The van der Waals surface area contributed by atoms with Gasteiger partial charge in [-0.1, -0.05) is 29.8 Å². The molecular formula is C15H24ClIN4O2. The van der Waals surface area contributed by atoms with Crippen molar-refractivity contribution in [1.82, 2.24) is 16.0 Å². The van der Waals surface area contributed by atoms with Crippen LogP contribution in [0, 0.1) is 0 Å². The van der Waals surface area contributed by atoms with E-state index in [2.05, 4.69) is 20.9 Å². The molecule has 0 saturated heterocycles. The fourth-order valence-corrected chi connectivity index (χ4v) is 1.99. The van der Waals surface area contributed by atoms with Crippen LogP contribution < -0.4 is 16.0 Å². The van der Waals surface area contributed by atoms with Crippen LogP contribution in [0.3, 0.4) is 0 Å². The van der Waals surface area contributed by atoms with E-state index in [-0.39, 0.29) is 36.4 Å². The molecule has 1 aromatic rings. The monoisotopic (exact) mass is 454 g/mol. The molecule has 0 bridgehead atoms. The minimum absolute atomic E-state index is 0. The summed E-state index contributed by atoms with van der Waals surface area (Å²) in [6.45, 7) is 1.83. The Morgan fingerprint density at radius 1 is 1.22 bits per heavy atom. The van der Waals surface area contributed by atoms with Crippen molar-refractivity contribution >= 4 is 47.4 Å². The maximum Gasteiger partial charge on any atom is 0.239 e. The molecule has 0 atom stereocenters. The van der Waals surface area contributed by atoms with Gasteiger partial charge in [0.05, 0.1) is 13.2 Å². The van der Waals surface area contributed by atoms with Crippen LogP contribution in [0.4, 0.5) is 0 Å². The molecule has 23 heavy (non-hydrogen) atoms. The van der Waals surface area contributed by atoms with Crippen LogP contribution in [0.5, 0.6) is 0 Å². The first-order chi connectivity index (χ1) is 10.7. The lowest BCUT2D eigenvalue weighted by Crippen LogP contribution is -2.44. The third-order valence-corrected chi connectivity index (χ3v) is 3.28. The number of methoxy groups -OCH3 is 1. The highest BCUT2D eigenvalue weighted by molar-refractivity contribution is 14.0. The molecule has 130 valence electrons. The molecule has 0 fully saturated rings. The second-order valence-electron chi connectivity index (χ2n) is 4.54. The first-order valence-electron chi connectivity index (χ1n) is 7.11. The number of nitrogens with one attached hydrogen (secondary N) is 3. The molecule has 0 aromatic heterocycles. The van der Waals surface area contributed by atoms with Gasteiger partial charge in [-0.2, -0.15) is 0 Å². The Bertz CT molecular complexity index is 500. The van der Waals surface area contributed by atoms with Gasteiger partial charge >= 0.3 is 0 Å². The molecule has 0 aliphatic carbocycles. The lowest BCUT2D eigenvalue weighted by Gasteiger charge is -2.12. The topological polar surface area (TPSA) is 74.8 Å². The summed E-state index contributed by atoms with van der Waals surface area (Å²) in [5, 5.41) is 9.57. The highest BCUT2D eigenvalue weighted by atomic mass is 127. The van der Waals surface area contributed by atoms with Gasteiger partial charge in [0.1, 0.15) is 0 Å². The molecule has 0 aliphatic rings. The fraction of sp³-hybridized carbons (Fsp3) is 0.467. The van der Waals surface area contributed by atoms with Crippen molar-refractivity contribution in [3.63, 3.8) is 0 Å². The normalized spacial score (nSPS) is 10.7. The SMILES string of the molecule is CN=C(NCCc1ccccc1Cl)NCC(=O)NCCOC.I. The zero-order chi connectivity index (χ0) is 16.2. The largest absolute Gasteiger partial charge is 0.383 e. The summed E-state index contributed by atoms with van der Waals surface area (Å²) >= 11 is 6.10. The number of aliphatic imine (C=N–C) groups is 1. The van der Waals surface area contributed by atoms with Gasteiger partial charge < -0.3 is 20.7 Å². The highest BCUT2D eigenvalue weighted by Gasteiger charge is 2.03. The van der Waals surface area contributed by atoms with Gasteiger partial charge in [-0.15, -0.1) is 24.0 Å². The predicted octanol–water partition coefficient (Wildman–Crippen LogP) is 1.43. The Kier molecular flexibility index (Phi) is 12.8. The van der Waals surface area contributed by atoms with Crippen molar-refractivity contribution in [3.8, 4) is 0 Å². The number of hydrogen-bond donors (Lipinski definition) is 3. The van der Waals surface area contributed by atoms with Crippen LogP contribution >= 0.6 is 35.6 Å². The Balaban J connectivity index is 0.00000484. The van der Waals surface area contributed by atoms with Gasteiger partial charge in [0.25, 0.3) is 0 Å². The van der Waals surface area contributed by atoms with Crippen LogP contribution in [-0.4, -0.2) is 52.3 Å². The first-order valence-corrected chi connectivity index (χ1v) is 7.48. The van der Waals surface area contributed by atoms with Gasteiger partial charge in [0.15, 0.2) is 5.96 Å². The number of rotatable bonds is 8. The second kappa shape index (κ2) is 13.4. The van der Waals surface area contributed by atoms with Crippen LogP contribution in [0.1, 0.15) is 5.56 Å². The van der Waals surface area contributed by atoms with E-state index in [1.165, 1.54) is 0 Å². The average Bonchev–Trinajstić information content (AvgIpc) is 2.52. The zero-order valence-electron chi connectivity index (χ0n) is 13.4. The molecule has 0 saturated carbocycles. The van der Waals surface area contributed by atoms with Crippen LogP contribution in [0.25, 0.3) is 0 Å². The van der Waals surface area contributed by atoms with E-state index in [4.69, 9.17) is 16.3 Å². The molecule has 0 aliphatic heterocycles. The third-order valence-electron chi connectivity index (χ3n) is 2.91. The smallest absolute Gasteiger partial charge is 0.239 e. The molecule has 1 rings (SSSR count). The number of guanidine groups is 1. The number of benzene rings is 1. The van der Waals surface area contributed by atoms with Gasteiger partial charge in [0.2, 0.25) is 5.91 Å². The number of carbonyl (C=O) groups excluding carboxylic acids is 1. The Labute approximate surface area is 159 Å². The van der Waals surface area contributed by atoms with Gasteiger partial charge in [0, 0.05) is 32.3 Å². The maximum absolute atomic E-state index is 11.5. The fourth-order valence-electron chi connectivity index (χ4n) is 1.76. The maximum atomic E-state index is 11.5. The minimum atomic E-state index is -0.105. The van der Waals surface area contributed by atoms with Crippen LogP contribution in [-0.2, 0) is 16.0 Å². The lowest BCUT2D eigenvalue weighted by atomic mass is 10.1. The Hall–Kier alpha value is -1.06. The third kappa shape index (κ3) is 9.62. The number of hydrogen-bond acceptors (Lipinski definition) is 3. The summed E-state index contributed by atoms with van der Waals surface area (Å²) < 4.78 is 4.86.